The zero-order valence-corrected chi connectivity index (χ0v) is 10.4. The summed E-state index contributed by atoms with van der Waals surface area (Å²) in [4.78, 5) is 2.33. The minimum atomic E-state index is 0.764. The van der Waals surface area contributed by atoms with E-state index in [-0.39, 0.29) is 0 Å². The molecular weight excluding hydrogens is 208 g/mol. The molecule has 2 heteroatoms. The van der Waals surface area contributed by atoms with E-state index in [1.54, 1.807) is 0 Å². The van der Waals surface area contributed by atoms with E-state index in [4.69, 9.17) is 5.73 Å². The summed E-state index contributed by atoms with van der Waals surface area (Å²) in [7, 11) is 2.15. The summed E-state index contributed by atoms with van der Waals surface area (Å²) < 4.78 is 0. The van der Waals surface area contributed by atoms with Crippen molar-refractivity contribution in [2.45, 2.75) is 13.0 Å². The number of benzene rings is 2. The van der Waals surface area contributed by atoms with E-state index < -0.39 is 0 Å². The average Bonchev–Trinajstić information content (AvgIpc) is 2.37. The number of hydrogen-bond donors (Lipinski definition) is 1. The van der Waals surface area contributed by atoms with Crippen LogP contribution in [0, 0.1) is 0 Å². The predicted molar refractivity (Wildman–Crippen MR) is 74.0 cm³/mol. The van der Waals surface area contributed by atoms with Crippen molar-refractivity contribution in [1.29, 1.82) is 0 Å². The molecule has 0 bridgehead atoms. The van der Waals surface area contributed by atoms with Crippen molar-refractivity contribution >= 4 is 10.8 Å². The Bertz CT molecular complexity index is 474. The molecule has 17 heavy (non-hydrogen) atoms. The molecule has 0 atom stereocenters. The Morgan fingerprint density at radius 2 is 1.82 bits per heavy atom. The number of rotatable bonds is 5. The number of nitrogens with zero attached hydrogens (tertiary/aromatic N) is 1. The first-order chi connectivity index (χ1) is 8.31. The lowest BCUT2D eigenvalue weighted by molar-refractivity contribution is 0.325. The lowest BCUT2D eigenvalue weighted by Crippen LogP contribution is -2.21. The van der Waals surface area contributed by atoms with Gasteiger partial charge in [-0.2, -0.15) is 0 Å². The molecule has 0 saturated heterocycles. The standard InChI is InChI=1S/C15H20N2/c1-17(11-5-10-16)12-14-8-4-7-13-6-2-3-9-15(13)14/h2-4,6-9H,5,10-12,16H2,1H3. The van der Waals surface area contributed by atoms with Gasteiger partial charge >= 0.3 is 0 Å². The second-order valence-corrected chi connectivity index (χ2v) is 4.52. The molecule has 0 spiro atoms. The minimum absolute atomic E-state index is 0.764. The fourth-order valence-corrected chi connectivity index (χ4v) is 2.16. The van der Waals surface area contributed by atoms with Crippen molar-refractivity contribution in [3.05, 3.63) is 48.0 Å². The first kappa shape index (κ1) is 12.1. The molecule has 90 valence electrons. The topological polar surface area (TPSA) is 29.3 Å². The van der Waals surface area contributed by atoms with Crippen molar-refractivity contribution in [2.24, 2.45) is 5.73 Å². The summed E-state index contributed by atoms with van der Waals surface area (Å²) >= 11 is 0. The average molecular weight is 228 g/mol. The van der Waals surface area contributed by atoms with Gasteiger partial charge in [0.05, 0.1) is 0 Å². The molecule has 0 unspecified atom stereocenters. The van der Waals surface area contributed by atoms with Gasteiger partial charge in [-0.15, -0.1) is 0 Å². The Kier molecular flexibility index (Phi) is 4.13. The highest BCUT2D eigenvalue weighted by molar-refractivity contribution is 5.85. The van der Waals surface area contributed by atoms with Crippen LogP contribution in [0.5, 0.6) is 0 Å². The minimum Gasteiger partial charge on any atom is -0.330 e. The van der Waals surface area contributed by atoms with E-state index in [1.807, 2.05) is 0 Å². The molecule has 2 nitrogen and oxygen atoms in total. The highest BCUT2D eigenvalue weighted by atomic mass is 15.1. The third-order valence-electron chi connectivity index (χ3n) is 3.06. The Morgan fingerprint density at radius 1 is 1.06 bits per heavy atom. The van der Waals surface area contributed by atoms with Crippen LogP contribution in [0.3, 0.4) is 0 Å². The van der Waals surface area contributed by atoms with E-state index in [2.05, 4.69) is 54.4 Å². The molecule has 2 aromatic rings. The SMILES string of the molecule is CN(CCCN)Cc1cccc2ccccc12. The number of hydrogen-bond acceptors (Lipinski definition) is 2. The highest BCUT2D eigenvalue weighted by Crippen LogP contribution is 2.19. The quantitative estimate of drug-likeness (QED) is 0.852. The van der Waals surface area contributed by atoms with E-state index in [9.17, 15) is 0 Å². The Hall–Kier alpha value is -1.38. The highest BCUT2D eigenvalue weighted by Gasteiger charge is 2.03. The van der Waals surface area contributed by atoms with Crippen molar-refractivity contribution in [3.8, 4) is 0 Å². The summed E-state index contributed by atoms with van der Waals surface area (Å²) in [5.74, 6) is 0. The number of nitrogens with two attached hydrogens (primary N) is 1. The van der Waals surface area contributed by atoms with E-state index >= 15 is 0 Å². The monoisotopic (exact) mass is 228 g/mol. The summed E-state index contributed by atoms with van der Waals surface area (Å²) in [6.45, 7) is 2.81. The zero-order valence-electron chi connectivity index (χ0n) is 10.4. The van der Waals surface area contributed by atoms with Crippen LogP contribution in [-0.2, 0) is 6.54 Å². The Morgan fingerprint density at radius 3 is 2.65 bits per heavy atom. The summed E-state index contributed by atoms with van der Waals surface area (Å²) in [6.07, 6.45) is 1.06. The van der Waals surface area contributed by atoms with E-state index in [0.29, 0.717) is 0 Å². The molecule has 0 fully saturated rings. The van der Waals surface area contributed by atoms with Crippen LogP contribution in [0.15, 0.2) is 42.5 Å². The first-order valence-electron chi connectivity index (χ1n) is 6.16. The van der Waals surface area contributed by atoms with Gasteiger partial charge in [0.1, 0.15) is 0 Å². The van der Waals surface area contributed by atoms with Crippen LogP contribution in [-0.4, -0.2) is 25.0 Å². The normalized spacial score (nSPS) is 11.2. The van der Waals surface area contributed by atoms with Crippen molar-refractivity contribution in [3.63, 3.8) is 0 Å². The summed E-state index contributed by atoms with van der Waals surface area (Å²) in [6, 6.07) is 15.1. The van der Waals surface area contributed by atoms with Crippen LogP contribution in [0.2, 0.25) is 0 Å². The largest absolute Gasteiger partial charge is 0.330 e. The maximum atomic E-state index is 5.53. The van der Waals surface area contributed by atoms with Gasteiger partial charge in [0.15, 0.2) is 0 Å². The van der Waals surface area contributed by atoms with Gasteiger partial charge in [0.2, 0.25) is 0 Å². The first-order valence-corrected chi connectivity index (χ1v) is 6.16. The van der Waals surface area contributed by atoms with E-state index in [0.717, 1.165) is 26.1 Å². The van der Waals surface area contributed by atoms with Crippen LogP contribution in [0.4, 0.5) is 0 Å². The molecule has 0 amide bonds. The third-order valence-corrected chi connectivity index (χ3v) is 3.06. The molecular formula is C15H20N2. The van der Waals surface area contributed by atoms with Gasteiger partial charge in [0, 0.05) is 6.54 Å². The smallest absolute Gasteiger partial charge is 0.0236 e. The second-order valence-electron chi connectivity index (χ2n) is 4.52. The summed E-state index contributed by atoms with van der Waals surface area (Å²) in [5, 5.41) is 2.67. The molecule has 2 N–H and O–H groups in total. The molecule has 2 aromatic carbocycles. The van der Waals surface area contributed by atoms with Gasteiger partial charge in [-0.1, -0.05) is 42.5 Å². The van der Waals surface area contributed by atoms with Gasteiger partial charge in [-0.25, -0.2) is 0 Å². The maximum absolute atomic E-state index is 5.53. The van der Waals surface area contributed by atoms with Crippen LogP contribution >= 0.6 is 0 Å². The van der Waals surface area contributed by atoms with Crippen molar-refractivity contribution in [1.82, 2.24) is 4.90 Å². The predicted octanol–water partition coefficient (Wildman–Crippen LogP) is 2.62. The van der Waals surface area contributed by atoms with Gasteiger partial charge < -0.3 is 10.6 Å². The molecule has 2 rings (SSSR count). The lowest BCUT2D eigenvalue weighted by Gasteiger charge is -2.17. The van der Waals surface area contributed by atoms with Gasteiger partial charge in [-0.05, 0) is 42.9 Å². The van der Waals surface area contributed by atoms with Gasteiger partial charge in [0.25, 0.3) is 0 Å². The molecule has 0 saturated carbocycles. The Balaban J connectivity index is 2.18. The molecule has 0 aliphatic carbocycles. The molecule has 0 aromatic heterocycles. The van der Waals surface area contributed by atoms with E-state index in [1.165, 1.54) is 16.3 Å². The molecule has 0 aliphatic rings. The second kappa shape index (κ2) is 5.80. The van der Waals surface area contributed by atoms with Crippen molar-refractivity contribution < 1.29 is 0 Å². The fraction of sp³-hybridized carbons (Fsp3) is 0.333. The molecule has 0 radical (unpaired) electrons. The zero-order chi connectivity index (χ0) is 12.1. The van der Waals surface area contributed by atoms with Crippen LogP contribution in [0.1, 0.15) is 12.0 Å². The van der Waals surface area contributed by atoms with Crippen LogP contribution < -0.4 is 5.73 Å². The molecule has 0 heterocycles. The summed E-state index contributed by atoms with van der Waals surface area (Å²) in [5.41, 5.74) is 6.93. The molecule has 0 aliphatic heterocycles. The van der Waals surface area contributed by atoms with Crippen molar-refractivity contribution in [2.75, 3.05) is 20.1 Å². The third kappa shape index (κ3) is 3.05. The lowest BCUT2D eigenvalue weighted by atomic mass is 10.0. The fourth-order valence-electron chi connectivity index (χ4n) is 2.16. The van der Waals surface area contributed by atoms with Crippen LogP contribution in [0.25, 0.3) is 10.8 Å². The number of fused-ring (bicyclic) bond motifs is 1. The maximum Gasteiger partial charge on any atom is 0.0236 e. The van der Waals surface area contributed by atoms with Gasteiger partial charge in [-0.3, -0.25) is 0 Å². The Labute approximate surface area is 103 Å².